The molecular weight excluding hydrogens is 226 g/mol. The van der Waals surface area contributed by atoms with E-state index in [0.29, 0.717) is 11.0 Å². The van der Waals surface area contributed by atoms with Crippen molar-refractivity contribution in [2.24, 2.45) is 0 Å². The second kappa shape index (κ2) is 3.78. The molecule has 1 N–H and O–H groups in total. The standard InChI is InChI=1S/C10H7N3O4/c1-5-9(10(14)15)12-7-3-2-6(13(16)17)4-8(7)11-5/h2-4H,1H3,(H,14,15). The summed E-state index contributed by atoms with van der Waals surface area (Å²) in [6.07, 6.45) is 0. The molecule has 7 nitrogen and oxygen atoms in total. The van der Waals surface area contributed by atoms with Crippen LogP contribution < -0.4 is 0 Å². The Balaban J connectivity index is 2.70. The third kappa shape index (κ3) is 1.89. The van der Waals surface area contributed by atoms with Crippen LogP contribution in [0.3, 0.4) is 0 Å². The number of nitro benzene ring substituents is 1. The summed E-state index contributed by atoms with van der Waals surface area (Å²) in [4.78, 5) is 28.7. The van der Waals surface area contributed by atoms with Crippen LogP contribution in [-0.4, -0.2) is 26.0 Å². The fourth-order valence-corrected chi connectivity index (χ4v) is 1.45. The van der Waals surface area contributed by atoms with Crippen molar-refractivity contribution < 1.29 is 14.8 Å². The van der Waals surface area contributed by atoms with Gasteiger partial charge in [0.15, 0.2) is 5.69 Å². The maximum Gasteiger partial charge on any atom is 0.356 e. The molecule has 2 aromatic rings. The molecule has 17 heavy (non-hydrogen) atoms. The number of hydrogen-bond acceptors (Lipinski definition) is 5. The quantitative estimate of drug-likeness (QED) is 0.622. The van der Waals surface area contributed by atoms with E-state index in [0.717, 1.165) is 0 Å². The molecule has 0 spiro atoms. The second-order valence-corrected chi connectivity index (χ2v) is 3.39. The minimum Gasteiger partial charge on any atom is -0.476 e. The van der Waals surface area contributed by atoms with Gasteiger partial charge in [0.05, 0.1) is 21.7 Å². The van der Waals surface area contributed by atoms with E-state index < -0.39 is 10.9 Å². The number of carboxylic acids is 1. The van der Waals surface area contributed by atoms with Gasteiger partial charge in [0.2, 0.25) is 0 Å². The number of nitrogens with zero attached hydrogens (tertiary/aromatic N) is 3. The molecular formula is C10H7N3O4. The minimum atomic E-state index is -1.17. The van der Waals surface area contributed by atoms with Crippen LogP contribution in [0.25, 0.3) is 11.0 Å². The Morgan fingerprint density at radius 3 is 2.65 bits per heavy atom. The van der Waals surface area contributed by atoms with Gasteiger partial charge in [-0.3, -0.25) is 10.1 Å². The van der Waals surface area contributed by atoms with Crippen molar-refractivity contribution in [2.75, 3.05) is 0 Å². The Bertz CT molecular complexity index is 639. The molecule has 86 valence electrons. The number of fused-ring (bicyclic) bond motifs is 1. The average Bonchev–Trinajstić information content (AvgIpc) is 2.26. The molecule has 0 aliphatic rings. The molecule has 0 unspecified atom stereocenters. The van der Waals surface area contributed by atoms with Crippen molar-refractivity contribution in [2.45, 2.75) is 6.92 Å². The molecule has 1 aromatic heterocycles. The maximum absolute atomic E-state index is 10.8. The van der Waals surface area contributed by atoms with E-state index in [9.17, 15) is 14.9 Å². The van der Waals surface area contributed by atoms with E-state index >= 15 is 0 Å². The zero-order chi connectivity index (χ0) is 12.6. The highest BCUT2D eigenvalue weighted by Gasteiger charge is 2.14. The van der Waals surface area contributed by atoms with Gasteiger partial charge in [-0.25, -0.2) is 14.8 Å². The Kier molecular flexibility index (Phi) is 2.43. The van der Waals surface area contributed by atoms with E-state index in [4.69, 9.17) is 5.11 Å². The van der Waals surface area contributed by atoms with Crippen molar-refractivity contribution in [3.05, 3.63) is 39.7 Å². The van der Waals surface area contributed by atoms with Crippen LogP contribution >= 0.6 is 0 Å². The van der Waals surface area contributed by atoms with Gasteiger partial charge < -0.3 is 5.11 Å². The summed E-state index contributed by atoms with van der Waals surface area (Å²) in [5.74, 6) is -1.17. The molecule has 7 heteroatoms. The van der Waals surface area contributed by atoms with Crippen LogP contribution in [0.4, 0.5) is 5.69 Å². The predicted molar refractivity (Wildman–Crippen MR) is 57.9 cm³/mol. The number of carbonyl (C=O) groups is 1. The zero-order valence-corrected chi connectivity index (χ0v) is 8.75. The highest BCUT2D eigenvalue weighted by Crippen LogP contribution is 2.19. The number of aromatic carboxylic acids is 1. The lowest BCUT2D eigenvalue weighted by molar-refractivity contribution is -0.384. The normalized spacial score (nSPS) is 10.4. The van der Waals surface area contributed by atoms with Crippen molar-refractivity contribution in [3.63, 3.8) is 0 Å². The molecule has 1 heterocycles. The van der Waals surface area contributed by atoms with Crippen LogP contribution in [-0.2, 0) is 0 Å². The van der Waals surface area contributed by atoms with Gasteiger partial charge in [0.25, 0.3) is 5.69 Å². The number of non-ortho nitro benzene ring substituents is 1. The summed E-state index contributed by atoms with van der Waals surface area (Å²) in [5.41, 5.74) is 0.603. The lowest BCUT2D eigenvalue weighted by Crippen LogP contribution is -2.05. The number of aromatic nitrogens is 2. The molecule has 0 atom stereocenters. The van der Waals surface area contributed by atoms with Gasteiger partial charge in [-0.15, -0.1) is 0 Å². The van der Waals surface area contributed by atoms with Crippen LogP contribution in [0.15, 0.2) is 18.2 Å². The van der Waals surface area contributed by atoms with Gasteiger partial charge in [0.1, 0.15) is 0 Å². The summed E-state index contributed by atoms with van der Waals surface area (Å²) < 4.78 is 0. The van der Waals surface area contributed by atoms with Crippen molar-refractivity contribution in [3.8, 4) is 0 Å². The molecule has 0 amide bonds. The van der Waals surface area contributed by atoms with E-state index in [-0.39, 0.29) is 17.1 Å². The molecule has 0 aliphatic carbocycles. The molecule has 0 bridgehead atoms. The maximum atomic E-state index is 10.8. The van der Waals surface area contributed by atoms with Gasteiger partial charge in [-0.05, 0) is 13.0 Å². The SMILES string of the molecule is Cc1nc2cc([N+](=O)[O-])ccc2nc1C(=O)O. The van der Waals surface area contributed by atoms with Gasteiger partial charge in [-0.1, -0.05) is 0 Å². The zero-order valence-electron chi connectivity index (χ0n) is 8.75. The molecule has 0 aliphatic heterocycles. The molecule has 0 saturated heterocycles. The van der Waals surface area contributed by atoms with Gasteiger partial charge >= 0.3 is 5.97 Å². The van der Waals surface area contributed by atoms with E-state index in [1.54, 1.807) is 0 Å². The summed E-state index contributed by atoms with van der Waals surface area (Å²) >= 11 is 0. The Hall–Kier alpha value is -2.57. The van der Waals surface area contributed by atoms with Crippen molar-refractivity contribution in [1.29, 1.82) is 0 Å². The summed E-state index contributed by atoms with van der Waals surface area (Å²) in [7, 11) is 0. The molecule has 2 rings (SSSR count). The highest BCUT2D eigenvalue weighted by molar-refractivity contribution is 5.89. The number of nitro groups is 1. The van der Waals surface area contributed by atoms with Crippen molar-refractivity contribution >= 4 is 22.7 Å². The smallest absolute Gasteiger partial charge is 0.356 e. The van der Waals surface area contributed by atoms with Crippen molar-refractivity contribution in [1.82, 2.24) is 9.97 Å². The average molecular weight is 233 g/mol. The summed E-state index contributed by atoms with van der Waals surface area (Å²) in [6, 6.07) is 3.91. The van der Waals surface area contributed by atoms with Crippen LogP contribution in [0.2, 0.25) is 0 Å². The van der Waals surface area contributed by atoms with Crippen LogP contribution in [0.5, 0.6) is 0 Å². The van der Waals surface area contributed by atoms with Gasteiger partial charge in [0, 0.05) is 12.1 Å². The first-order chi connectivity index (χ1) is 7.99. The predicted octanol–water partition coefficient (Wildman–Crippen LogP) is 1.54. The van der Waals surface area contributed by atoms with Crippen LogP contribution in [0, 0.1) is 17.0 Å². The Morgan fingerprint density at radius 1 is 1.35 bits per heavy atom. The molecule has 0 saturated carbocycles. The Morgan fingerprint density at radius 2 is 2.06 bits per heavy atom. The fraction of sp³-hybridized carbons (Fsp3) is 0.100. The van der Waals surface area contributed by atoms with Crippen LogP contribution in [0.1, 0.15) is 16.2 Å². The first kappa shape index (κ1) is 10.9. The largest absolute Gasteiger partial charge is 0.476 e. The second-order valence-electron chi connectivity index (χ2n) is 3.39. The number of benzene rings is 1. The third-order valence-electron chi connectivity index (χ3n) is 2.24. The first-order valence-corrected chi connectivity index (χ1v) is 4.65. The lowest BCUT2D eigenvalue weighted by Gasteiger charge is -2.02. The highest BCUT2D eigenvalue weighted by atomic mass is 16.6. The molecule has 0 fully saturated rings. The Labute approximate surface area is 94.9 Å². The number of aryl methyl sites for hydroxylation is 1. The number of hydrogen-bond donors (Lipinski definition) is 1. The number of carboxylic acid groups (broad SMARTS) is 1. The monoisotopic (exact) mass is 233 g/mol. The molecule has 0 radical (unpaired) electrons. The first-order valence-electron chi connectivity index (χ1n) is 4.65. The molecule has 1 aromatic carbocycles. The summed E-state index contributed by atoms with van der Waals surface area (Å²) in [6.45, 7) is 1.49. The van der Waals surface area contributed by atoms with E-state index in [1.807, 2.05) is 0 Å². The van der Waals surface area contributed by atoms with E-state index in [2.05, 4.69) is 9.97 Å². The minimum absolute atomic E-state index is 0.103. The lowest BCUT2D eigenvalue weighted by atomic mass is 10.2. The van der Waals surface area contributed by atoms with Gasteiger partial charge in [-0.2, -0.15) is 0 Å². The fourth-order valence-electron chi connectivity index (χ4n) is 1.45. The third-order valence-corrected chi connectivity index (χ3v) is 2.24. The summed E-state index contributed by atoms with van der Waals surface area (Å²) in [5, 5.41) is 19.4. The number of rotatable bonds is 2. The topological polar surface area (TPSA) is 106 Å². The van der Waals surface area contributed by atoms with E-state index in [1.165, 1.54) is 25.1 Å².